The van der Waals surface area contributed by atoms with Crippen LogP contribution in [-0.2, 0) is 13.6 Å². The molecule has 1 amide bonds. The Bertz CT molecular complexity index is 541. The fourth-order valence-electron chi connectivity index (χ4n) is 1.44. The Morgan fingerprint density at radius 2 is 2.29 bits per heavy atom. The molecule has 1 N–H and O–H groups in total. The van der Waals surface area contributed by atoms with Crippen LogP contribution in [0.4, 0.5) is 5.95 Å². The first-order valence-electron chi connectivity index (χ1n) is 5.20. The summed E-state index contributed by atoms with van der Waals surface area (Å²) in [6.07, 6.45) is 0. The lowest BCUT2D eigenvalue weighted by Gasteiger charge is -1.99. The van der Waals surface area contributed by atoms with Crippen LogP contribution in [-0.4, -0.2) is 35.9 Å². The second-order valence-corrected chi connectivity index (χ2v) is 3.57. The van der Waals surface area contributed by atoms with Crippen LogP contribution in [0.15, 0.2) is 6.07 Å². The van der Waals surface area contributed by atoms with Crippen LogP contribution < -0.4 is 5.32 Å². The van der Waals surface area contributed by atoms with Crippen molar-refractivity contribution >= 4 is 11.9 Å². The quantitative estimate of drug-likeness (QED) is 0.807. The van der Waals surface area contributed by atoms with Gasteiger partial charge >= 0.3 is 0 Å². The number of aromatic nitrogens is 6. The molecule has 0 bridgehead atoms. The molecule has 0 aliphatic heterocycles. The topological polar surface area (TPSA) is 90.5 Å². The van der Waals surface area contributed by atoms with Gasteiger partial charge in [0.05, 0.1) is 0 Å². The molecule has 0 aliphatic carbocycles. The average Bonchev–Trinajstić information content (AvgIpc) is 2.86. The SMILES string of the molecule is CCn1nc(C(=O)Nc2nnnn2C)cc1C. The molecule has 0 aromatic carbocycles. The van der Waals surface area contributed by atoms with Crippen LogP contribution in [0.5, 0.6) is 0 Å². The van der Waals surface area contributed by atoms with Crippen LogP contribution in [0.3, 0.4) is 0 Å². The minimum atomic E-state index is -0.321. The van der Waals surface area contributed by atoms with Crippen molar-refractivity contribution in [2.24, 2.45) is 7.05 Å². The Morgan fingerprint density at radius 3 is 2.82 bits per heavy atom. The van der Waals surface area contributed by atoms with Gasteiger partial charge in [0.25, 0.3) is 5.91 Å². The van der Waals surface area contributed by atoms with Crippen molar-refractivity contribution < 1.29 is 4.79 Å². The summed E-state index contributed by atoms with van der Waals surface area (Å²) < 4.78 is 3.13. The number of anilines is 1. The van der Waals surface area contributed by atoms with Gasteiger partial charge in [-0.15, -0.1) is 0 Å². The molecule has 0 fully saturated rings. The van der Waals surface area contributed by atoms with Gasteiger partial charge in [-0.25, -0.2) is 4.68 Å². The lowest BCUT2D eigenvalue weighted by Crippen LogP contribution is -2.16. The highest BCUT2D eigenvalue weighted by atomic mass is 16.2. The molecule has 17 heavy (non-hydrogen) atoms. The van der Waals surface area contributed by atoms with E-state index in [9.17, 15) is 4.79 Å². The highest BCUT2D eigenvalue weighted by Crippen LogP contribution is 2.06. The van der Waals surface area contributed by atoms with Crippen LogP contribution in [0, 0.1) is 6.92 Å². The maximum Gasteiger partial charge on any atom is 0.278 e. The fourth-order valence-corrected chi connectivity index (χ4v) is 1.44. The Morgan fingerprint density at radius 1 is 1.53 bits per heavy atom. The molecule has 0 saturated heterocycles. The van der Waals surface area contributed by atoms with Gasteiger partial charge in [0.15, 0.2) is 5.69 Å². The summed E-state index contributed by atoms with van der Waals surface area (Å²) in [6, 6.07) is 1.72. The molecule has 8 nitrogen and oxygen atoms in total. The van der Waals surface area contributed by atoms with Gasteiger partial charge < -0.3 is 0 Å². The number of tetrazole rings is 1. The summed E-state index contributed by atoms with van der Waals surface area (Å²) in [4.78, 5) is 11.8. The van der Waals surface area contributed by atoms with Crippen LogP contribution in [0.1, 0.15) is 23.1 Å². The third-order valence-corrected chi connectivity index (χ3v) is 2.36. The zero-order valence-corrected chi connectivity index (χ0v) is 9.88. The minimum absolute atomic E-state index is 0.290. The fraction of sp³-hybridized carbons (Fsp3) is 0.444. The van der Waals surface area contributed by atoms with Gasteiger partial charge in [-0.05, 0) is 30.3 Å². The Balaban J connectivity index is 2.17. The molecule has 8 heteroatoms. The van der Waals surface area contributed by atoms with Gasteiger partial charge in [-0.2, -0.15) is 5.10 Å². The highest BCUT2D eigenvalue weighted by Gasteiger charge is 2.14. The molecule has 2 heterocycles. The molecule has 0 spiro atoms. The largest absolute Gasteiger partial charge is 0.288 e. The maximum atomic E-state index is 11.8. The number of nitrogens with zero attached hydrogens (tertiary/aromatic N) is 6. The molecule has 90 valence electrons. The van der Waals surface area contributed by atoms with E-state index in [1.807, 2.05) is 13.8 Å². The van der Waals surface area contributed by atoms with E-state index < -0.39 is 0 Å². The molecular formula is C9H13N7O. The molecule has 0 unspecified atom stereocenters. The van der Waals surface area contributed by atoms with Crippen LogP contribution >= 0.6 is 0 Å². The van der Waals surface area contributed by atoms with Crippen molar-refractivity contribution in [1.82, 2.24) is 30.0 Å². The number of aryl methyl sites for hydroxylation is 3. The van der Waals surface area contributed by atoms with E-state index in [1.165, 1.54) is 4.68 Å². The second-order valence-electron chi connectivity index (χ2n) is 3.57. The van der Waals surface area contributed by atoms with Crippen molar-refractivity contribution in [3.05, 3.63) is 17.5 Å². The monoisotopic (exact) mass is 235 g/mol. The predicted molar refractivity (Wildman–Crippen MR) is 59.4 cm³/mol. The summed E-state index contributed by atoms with van der Waals surface area (Å²) in [6.45, 7) is 4.59. The molecule has 0 saturated carbocycles. The molecule has 0 radical (unpaired) electrons. The average molecular weight is 235 g/mol. The summed E-state index contributed by atoms with van der Waals surface area (Å²) in [5.41, 5.74) is 1.29. The third kappa shape index (κ3) is 2.14. The first-order valence-corrected chi connectivity index (χ1v) is 5.20. The van der Waals surface area contributed by atoms with Gasteiger partial charge in [0.2, 0.25) is 5.95 Å². The summed E-state index contributed by atoms with van der Waals surface area (Å²) >= 11 is 0. The normalized spacial score (nSPS) is 10.5. The van der Waals surface area contributed by atoms with E-state index in [2.05, 4.69) is 25.9 Å². The van der Waals surface area contributed by atoms with Gasteiger partial charge in [0, 0.05) is 19.3 Å². The van der Waals surface area contributed by atoms with Crippen molar-refractivity contribution in [3.63, 3.8) is 0 Å². The van der Waals surface area contributed by atoms with E-state index >= 15 is 0 Å². The molecule has 2 aromatic rings. The van der Waals surface area contributed by atoms with E-state index in [4.69, 9.17) is 0 Å². The third-order valence-electron chi connectivity index (χ3n) is 2.36. The van der Waals surface area contributed by atoms with Crippen LogP contribution in [0.25, 0.3) is 0 Å². The molecule has 2 rings (SSSR count). The Hall–Kier alpha value is -2.25. The van der Waals surface area contributed by atoms with Crippen molar-refractivity contribution in [1.29, 1.82) is 0 Å². The Kier molecular flexibility index (Phi) is 2.86. The minimum Gasteiger partial charge on any atom is -0.288 e. The van der Waals surface area contributed by atoms with Crippen molar-refractivity contribution in [2.45, 2.75) is 20.4 Å². The smallest absolute Gasteiger partial charge is 0.278 e. The molecule has 2 aromatic heterocycles. The number of hydrogen-bond acceptors (Lipinski definition) is 5. The predicted octanol–water partition coefficient (Wildman–Crippen LogP) is -0.0128. The number of carbonyl (C=O) groups excluding carboxylic acids is 1. The second kappa shape index (κ2) is 4.32. The highest BCUT2D eigenvalue weighted by molar-refractivity contribution is 6.01. The van der Waals surface area contributed by atoms with Gasteiger partial charge in [-0.3, -0.25) is 14.8 Å². The zero-order valence-electron chi connectivity index (χ0n) is 9.88. The Labute approximate surface area is 97.6 Å². The van der Waals surface area contributed by atoms with Crippen LogP contribution in [0.2, 0.25) is 0 Å². The lowest BCUT2D eigenvalue weighted by molar-refractivity contribution is 0.102. The molecule has 0 atom stereocenters. The zero-order chi connectivity index (χ0) is 12.4. The standard InChI is InChI=1S/C9H13N7O/c1-4-16-6(2)5-7(12-16)8(17)10-9-11-13-14-15(9)3/h5H,4H2,1-3H3,(H,10,11,14,17). The lowest BCUT2D eigenvalue weighted by atomic mass is 10.3. The van der Waals surface area contributed by atoms with E-state index in [0.29, 0.717) is 11.6 Å². The van der Waals surface area contributed by atoms with Crippen molar-refractivity contribution in [2.75, 3.05) is 5.32 Å². The molecule has 0 aliphatic rings. The van der Waals surface area contributed by atoms with E-state index in [-0.39, 0.29) is 5.91 Å². The maximum absolute atomic E-state index is 11.8. The first kappa shape index (κ1) is 11.2. The number of amides is 1. The summed E-state index contributed by atoms with van der Waals surface area (Å²) in [7, 11) is 1.64. The number of nitrogens with one attached hydrogen (secondary N) is 1. The molecular weight excluding hydrogens is 222 g/mol. The van der Waals surface area contributed by atoms with E-state index in [0.717, 1.165) is 12.2 Å². The summed E-state index contributed by atoms with van der Waals surface area (Å²) in [5.74, 6) is -0.0306. The number of rotatable bonds is 3. The van der Waals surface area contributed by atoms with E-state index in [1.54, 1.807) is 17.8 Å². The van der Waals surface area contributed by atoms with Gasteiger partial charge in [0.1, 0.15) is 0 Å². The number of hydrogen-bond donors (Lipinski definition) is 1. The number of carbonyl (C=O) groups is 1. The first-order chi connectivity index (χ1) is 8.11. The summed E-state index contributed by atoms with van der Waals surface area (Å²) in [5, 5.41) is 17.5. The van der Waals surface area contributed by atoms with Crippen molar-refractivity contribution in [3.8, 4) is 0 Å². The van der Waals surface area contributed by atoms with Gasteiger partial charge in [-0.1, -0.05) is 5.10 Å².